The number of carbonyl (C=O) groups excluding carboxylic acids is 1. The number of benzene rings is 1. The third-order valence-corrected chi connectivity index (χ3v) is 4.51. The van der Waals surface area contributed by atoms with Crippen LogP contribution >= 0.6 is 0 Å². The van der Waals surface area contributed by atoms with E-state index < -0.39 is 0 Å². The quantitative estimate of drug-likeness (QED) is 0.863. The predicted molar refractivity (Wildman–Crippen MR) is 93.2 cm³/mol. The van der Waals surface area contributed by atoms with Gasteiger partial charge in [-0.1, -0.05) is 25.1 Å². The number of aryl methyl sites for hydroxylation is 1. The van der Waals surface area contributed by atoms with E-state index in [0.29, 0.717) is 5.92 Å². The van der Waals surface area contributed by atoms with Crippen molar-refractivity contribution >= 4 is 23.0 Å². The van der Waals surface area contributed by atoms with Gasteiger partial charge in [0, 0.05) is 36.5 Å². The highest BCUT2D eigenvalue weighted by Crippen LogP contribution is 2.27. The van der Waals surface area contributed by atoms with Crippen molar-refractivity contribution in [1.29, 1.82) is 0 Å². The standard InChI is InChI=1S/C19H24N2O2/c1-3-17-16(15-6-4-5-7-18(15)23-17)8-9-19(22)21-11-10-14(13-21)12-20-2/h4-9,14,20H,3,10-13H2,1-2H3/b9-8+. The molecular formula is C19H24N2O2. The van der Waals surface area contributed by atoms with Gasteiger partial charge in [-0.2, -0.15) is 0 Å². The Hall–Kier alpha value is -2.07. The number of carbonyl (C=O) groups is 1. The van der Waals surface area contributed by atoms with E-state index >= 15 is 0 Å². The molecule has 0 spiro atoms. The molecule has 0 radical (unpaired) electrons. The monoisotopic (exact) mass is 312 g/mol. The Morgan fingerprint density at radius 2 is 2.26 bits per heavy atom. The molecule has 1 N–H and O–H groups in total. The van der Waals surface area contributed by atoms with Crippen LogP contribution in [0.2, 0.25) is 0 Å². The third kappa shape index (κ3) is 3.32. The summed E-state index contributed by atoms with van der Waals surface area (Å²) in [5.74, 6) is 1.60. The maximum Gasteiger partial charge on any atom is 0.246 e. The van der Waals surface area contributed by atoms with Gasteiger partial charge in [-0.15, -0.1) is 0 Å². The Balaban J connectivity index is 1.76. The molecule has 1 saturated heterocycles. The molecule has 1 unspecified atom stereocenters. The zero-order chi connectivity index (χ0) is 16.2. The van der Waals surface area contributed by atoms with Gasteiger partial charge in [0.15, 0.2) is 0 Å². The molecule has 4 heteroatoms. The van der Waals surface area contributed by atoms with Gasteiger partial charge in [0.25, 0.3) is 0 Å². The summed E-state index contributed by atoms with van der Waals surface area (Å²) in [6, 6.07) is 7.98. The molecule has 0 saturated carbocycles. The van der Waals surface area contributed by atoms with Gasteiger partial charge in [-0.25, -0.2) is 0 Å². The molecule has 0 aliphatic carbocycles. The summed E-state index contributed by atoms with van der Waals surface area (Å²) in [7, 11) is 1.96. The van der Waals surface area contributed by atoms with E-state index in [1.807, 2.05) is 42.3 Å². The topological polar surface area (TPSA) is 45.5 Å². The highest BCUT2D eigenvalue weighted by Gasteiger charge is 2.24. The molecule has 1 aliphatic heterocycles. The Kier molecular flexibility index (Phi) is 4.82. The fourth-order valence-electron chi connectivity index (χ4n) is 3.31. The normalized spacial score (nSPS) is 18.3. The summed E-state index contributed by atoms with van der Waals surface area (Å²) in [6.45, 7) is 4.73. The summed E-state index contributed by atoms with van der Waals surface area (Å²) in [5.41, 5.74) is 1.91. The fraction of sp³-hybridized carbons (Fsp3) is 0.421. The second kappa shape index (κ2) is 7.01. The summed E-state index contributed by atoms with van der Waals surface area (Å²) in [4.78, 5) is 14.4. The second-order valence-electron chi connectivity index (χ2n) is 6.12. The molecule has 4 nitrogen and oxygen atoms in total. The predicted octanol–water partition coefficient (Wildman–Crippen LogP) is 3.08. The molecule has 3 rings (SSSR count). The molecule has 1 fully saturated rings. The molecule has 0 bridgehead atoms. The van der Waals surface area contributed by atoms with E-state index in [1.54, 1.807) is 6.08 Å². The van der Waals surface area contributed by atoms with Crippen molar-refractivity contribution in [3.63, 3.8) is 0 Å². The molecule has 1 amide bonds. The molecule has 122 valence electrons. The smallest absolute Gasteiger partial charge is 0.246 e. The zero-order valence-corrected chi connectivity index (χ0v) is 13.8. The van der Waals surface area contributed by atoms with E-state index in [-0.39, 0.29) is 5.91 Å². The lowest BCUT2D eigenvalue weighted by atomic mass is 10.1. The zero-order valence-electron chi connectivity index (χ0n) is 13.8. The Labute approximate surface area is 137 Å². The van der Waals surface area contributed by atoms with Crippen LogP contribution in [-0.2, 0) is 11.2 Å². The number of amides is 1. The average Bonchev–Trinajstić information content (AvgIpc) is 3.17. The van der Waals surface area contributed by atoms with E-state index in [2.05, 4.69) is 12.2 Å². The number of furan rings is 1. The van der Waals surface area contributed by atoms with Crippen LogP contribution in [0, 0.1) is 5.92 Å². The van der Waals surface area contributed by atoms with Crippen molar-refractivity contribution in [2.45, 2.75) is 19.8 Å². The van der Waals surface area contributed by atoms with Crippen LogP contribution in [0.3, 0.4) is 0 Å². The Morgan fingerprint density at radius 1 is 1.43 bits per heavy atom. The van der Waals surface area contributed by atoms with Crippen molar-refractivity contribution in [2.75, 3.05) is 26.7 Å². The van der Waals surface area contributed by atoms with E-state index in [9.17, 15) is 4.79 Å². The lowest BCUT2D eigenvalue weighted by Crippen LogP contribution is -2.28. The highest BCUT2D eigenvalue weighted by molar-refractivity contribution is 5.96. The second-order valence-corrected chi connectivity index (χ2v) is 6.12. The first-order valence-corrected chi connectivity index (χ1v) is 8.35. The number of nitrogens with one attached hydrogen (secondary N) is 1. The van der Waals surface area contributed by atoms with Crippen molar-refractivity contribution < 1.29 is 9.21 Å². The number of likely N-dealkylation sites (tertiary alicyclic amines) is 1. The van der Waals surface area contributed by atoms with Crippen LogP contribution in [0.25, 0.3) is 17.0 Å². The first-order valence-electron chi connectivity index (χ1n) is 8.35. The molecule has 1 aliphatic rings. The summed E-state index contributed by atoms with van der Waals surface area (Å²) >= 11 is 0. The number of para-hydroxylation sites is 1. The maximum absolute atomic E-state index is 12.4. The van der Waals surface area contributed by atoms with Gasteiger partial charge in [-0.05, 0) is 38.1 Å². The lowest BCUT2D eigenvalue weighted by molar-refractivity contribution is -0.125. The van der Waals surface area contributed by atoms with E-state index in [4.69, 9.17) is 4.42 Å². The summed E-state index contributed by atoms with van der Waals surface area (Å²) in [5, 5.41) is 4.26. The van der Waals surface area contributed by atoms with Gasteiger partial charge in [0.2, 0.25) is 5.91 Å². The molecule has 1 aromatic heterocycles. The summed E-state index contributed by atoms with van der Waals surface area (Å²) < 4.78 is 5.87. The fourth-order valence-corrected chi connectivity index (χ4v) is 3.31. The minimum absolute atomic E-state index is 0.0935. The van der Waals surface area contributed by atoms with E-state index in [0.717, 1.165) is 54.8 Å². The number of rotatable bonds is 5. The van der Waals surface area contributed by atoms with Crippen molar-refractivity contribution in [3.8, 4) is 0 Å². The maximum atomic E-state index is 12.4. The first kappa shape index (κ1) is 15.8. The van der Waals surface area contributed by atoms with Crippen LogP contribution in [0.4, 0.5) is 0 Å². The minimum Gasteiger partial charge on any atom is -0.460 e. The Morgan fingerprint density at radius 3 is 3.04 bits per heavy atom. The first-order chi connectivity index (χ1) is 11.2. The van der Waals surface area contributed by atoms with Gasteiger partial charge in [0.05, 0.1) is 0 Å². The van der Waals surface area contributed by atoms with Crippen molar-refractivity contribution in [3.05, 3.63) is 41.7 Å². The van der Waals surface area contributed by atoms with Crippen molar-refractivity contribution in [2.24, 2.45) is 5.92 Å². The number of hydrogen-bond donors (Lipinski definition) is 1. The molecule has 23 heavy (non-hydrogen) atoms. The number of hydrogen-bond acceptors (Lipinski definition) is 3. The van der Waals surface area contributed by atoms with Gasteiger partial charge in [-0.3, -0.25) is 4.79 Å². The lowest BCUT2D eigenvalue weighted by Gasteiger charge is -2.14. The SMILES string of the molecule is CCc1oc2ccccc2c1/C=C/C(=O)N1CCC(CNC)C1. The third-order valence-electron chi connectivity index (χ3n) is 4.51. The van der Waals surface area contributed by atoms with Gasteiger partial charge < -0.3 is 14.6 Å². The average molecular weight is 312 g/mol. The van der Waals surface area contributed by atoms with Crippen LogP contribution < -0.4 is 5.32 Å². The van der Waals surface area contributed by atoms with E-state index in [1.165, 1.54) is 0 Å². The molecule has 2 heterocycles. The molecule has 1 atom stereocenters. The summed E-state index contributed by atoms with van der Waals surface area (Å²) in [6.07, 6.45) is 5.50. The van der Waals surface area contributed by atoms with Crippen LogP contribution in [0.5, 0.6) is 0 Å². The highest BCUT2D eigenvalue weighted by atomic mass is 16.3. The number of nitrogens with zero attached hydrogens (tertiary/aromatic N) is 1. The molecule has 1 aromatic carbocycles. The minimum atomic E-state index is 0.0935. The van der Waals surface area contributed by atoms with Crippen LogP contribution in [0.15, 0.2) is 34.8 Å². The van der Waals surface area contributed by atoms with Gasteiger partial charge >= 0.3 is 0 Å². The van der Waals surface area contributed by atoms with Crippen LogP contribution in [-0.4, -0.2) is 37.5 Å². The Bertz CT molecular complexity index is 717. The van der Waals surface area contributed by atoms with Crippen molar-refractivity contribution in [1.82, 2.24) is 10.2 Å². The van der Waals surface area contributed by atoms with Gasteiger partial charge in [0.1, 0.15) is 11.3 Å². The number of fused-ring (bicyclic) bond motifs is 1. The molecule has 2 aromatic rings. The molecular weight excluding hydrogens is 288 g/mol. The largest absolute Gasteiger partial charge is 0.460 e. The van der Waals surface area contributed by atoms with Crippen LogP contribution in [0.1, 0.15) is 24.7 Å².